The summed E-state index contributed by atoms with van der Waals surface area (Å²) in [6, 6.07) is 13.9. The maximum absolute atomic E-state index is 12.8. The molecule has 0 aliphatic rings. The number of nitro groups is 1. The van der Waals surface area contributed by atoms with E-state index in [1.54, 1.807) is 30.3 Å². The van der Waals surface area contributed by atoms with Crippen molar-refractivity contribution in [3.05, 3.63) is 87.6 Å². The predicted octanol–water partition coefficient (Wildman–Crippen LogP) is 4.11. The number of carbonyl (C=O) groups is 1. The number of aromatic nitrogens is 2. The van der Waals surface area contributed by atoms with Crippen molar-refractivity contribution in [3.8, 4) is 0 Å². The number of amides is 1. The molecule has 3 rings (SSSR count). The van der Waals surface area contributed by atoms with Crippen LogP contribution in [0, 0.1) is 10.1 Å². The lowest BCUT2D eigenvalue weighted by atomic mass is 10.2. The van der Waals surface area contributed by atoms with Crippen LogP contribution in [-0.4, -0.2) is 20.6 Å². The van der Waals surface area contributed by atoms with Crippen LogP contribution in [0.4, 0.5) is 24.7 Å². The van der Waals surface area contributed by atoms with Crippen LogP contribution in [0.2, 0.25) is 0 Å². The molecular formula is C18H13F3N4O3. The van der Waals surface area contributed by atoms with E-state index >= 15 is 0 Å². The largest absolute Gasteiger partial charge is 0.416 e. The van der Waals surface area contributed by atoms with Gasteiger partial charge in [-0.3, -0.25) is 4.79 Å². The number of hydrogen-bond acceptors (Lipinski definition) is 4. The standard InChI is InChI=1S/C18H13F3N4O3/c19-18(20,21)13-7-4-8-14(9-13)22-17(26)15-10-16(25(27)28)23-24(15)11-12-5-2-1-3-6-12/h1-10H,11H2,(H,22,26). The summed E-state index contributed by atoms with van der Waals surface area (Å²) in [4.78, 5) is 22.8. The number of carbonyl (C=O) groups excluding carboxylic acids is 1. The van der Waals surface area contributed by atoms with Gasteiger partial charge < -0.3 is 15.4 Å². The number of nitrogens with one attached hydrogen (secondary N) is 1. The molecule has 0 unspecified atom stereocenters. The second-order valence-electron chi connectivity index (χ2n) is 5.82. The summed E-state index contributed by atoms with van der Waals surface area (Å²) < 4.78 is 39.6. The lowest BCUT2D eigenvalue weighted by Crippen LogP contribution is -2.18. The topological polar surface area (TPSA) is 90.1 Å². The highest BCUT2D eigenvalue weighted by Gasteiger charge is 2.31. The average Bonchev–Trinajstić information content (AvgIpc) is 3.06. The third-order valence-corrected chi connectivity index (χ3v) is 3.81. The van der Waals surface area contributed by atoms with Crippen LogP contribution in [0.25, 0.3) is 0 Å². The molecule has 1 aromatic heterocycles. The first kappa shape index (κ1) is 19.1. The van der Waals surface area contributed by atoms with Crippen LogP contribution in [0.15, 0.2) is 60.7 Å². The zero-order valence-corrected chi connectivity index (χ0v) is 14.2. The summed E-state index contributed by atoms with van der Waals surface area (Å²) in [6.45, 7) is 0.0834. The van der Waals surface area contributed by atoms with Crippen molar-refractivity contribution < 1.29 is 22.9 Å². The predicted molar refractivity (Wildman–Crippen MR) is 93.8 cm³/mol. The molecule has 3 aromatic rings. The Morgan fingerprint density at radius 2 is 1.82 bits per heavy atom. The summed E-state index contributed by atoms with van der Waals surface area (Å²) in [7, 11) is 0. The molecule has 144 valence electrons. The van der Waals surface area contributed by atoms with Gasteiger partial charge in [0, 0.05) is 5.69 Å². The number of benzene rings is 2. The third kappa shape index (κ3) is 4.34. The summed E-state index contributed by atoms with van der Waals surface area (Å²) in [6.07, 6.45) is -4.56. The Morgan fingerprint density at radius 1 is 1.11 bits per heavy atom. The van der Waals surface area contributed by atoms with Gasteiger partial charge in [-0.2, -0.15) is 17.9 Å². The van der Waals surface area contributed by atoms with Crippen molar-refractivity contribution in [2.45, 2.75) is 12.7 Å². The molecule has 2 aromatic carbocycles. The van der Waals surface area contributed by atoms with Crippen LogP contribution in [0.5, 0.6) is 0 Å². The van der Waals surface area contributed by atoms with Gasteiger partial charge in [0.2, 0.25) is 0 Å². The molecule has 28 heavy (non-hydrogen) atoms. The van der Waals surface area contributed by atoms with E-state index in [0.29, 0.717) is 0 Å². The monoisotopic (exact) mass is 390 g/mol. The first-order valence-corrected chi connectivity index (χ1v) is 7.99. The van der Waals surface area contributed by atoms with Gasteiger partial charge in [-0.05, 0) is 28.7 Å². The Balaban J connectivity index is 1.89. The number of halogens is 3. The van der Waals surface area contributed by atoms with Gasteiger partial charge in [0.1, 0.15) is 0 Å². The van der Waals surface area contributed by atoms with E-state index in [4.69, 9.17) is 0 Å². The average molecular weight is 390 g/mol. The van der Waals surface area contributed by atoms with Gasteiger partial charge in [0.15, 0.2) is 5.69 Å². The zero-order valence-electron chi connectivity index (χ0n) is 14.2. The fourth-order valence-electron chi connectivity index (χ4n) is 2.52. The number of rotatable bonds is 5. The Hall–Kier alpha value is -3.69. The fraction of sp³-hybridized carbons (Fsp3) is 0.111. The molecular weight excluding hydrogens is 377 g/mol. The molecule has 0 aliphatic heterocycles. The van der Waals surface area contributed by atoms with Crippen LogP contribution in [0.1, 0.15) is 21.6 Å². The van der Waals surface area contributed by atoms with Crippen molar-refractivity contribution >= 4 is 17.4 Å². The lowest BCUT2D eigenvalue weighted by Gasteiger charge is -2.10. The fourth-order valence-corrected chi connectivity index (χ4v) is 2.52. The quantitative estimate of drug-likeness (QED) is 0.524. The summed E-state index contributed by atoms with van der Waals surface area (Å²) >= 11 is 0. The number of alkyl halides is 3. The molecule has 7 nitrogen and oxygen atoms in total. The van der Waals surface area contributed by atoms with Crippen molar-refractivity contribution in [1.29, 1.82) is 0 Å². The van der Waals surface area contributed by atoms with Crippen molar-refractivity contribution in [2.75, 3.05) is 5.32 Å². The molecule has 0 atom stereocenters. The number of hydrogen-bond donors (Lipinski definition) is 1. The van der Waals surface area contributed by atoms with E-state index in [-0.39, 0.29) is 17.9 Å². The highest BCUT2D eigenvalue weighted by Crippen LogP contribution is 2.30. The SMILES string of the molecule is O=C(Nc1cccc(C(F)(F)F)c1)c1cc([N+](=O)[O-])nn1Cc1ccccc1. The van der Waals surface area contributed by atoms with E-state index in [1.165, 1.54) is 6.07 Å². The van der Waals surface area contributed by atoms with Gasteiger partial charge in [-0.25, -0.2) is 0 Å². The Kier molecular flexibility index (Phi) is 5.12. The highest BCUT2D eigenvalue weighted by molar-refractivity contribution is 6.03. The summed E-state index contributed by atoms with van der Waals surface area (Å²) in [5, 5.41) is 17.2. The molecule has 1 amide bonds. The second kappa shape index (κ2) is 7.51. The minimum Gasteiger partial charge on any atom is -0.358 e. The van der Waals surface area contributed by atoms with Gasteiger partial charge in [-0.15, -0.1) is 0 Å². The summed E-state index contributed by atoms with van der Waals surface area (Å²) in [5.74, 6) is -1.35. The molecule has 0 fully saturated rings. The molecule has 0 saturated carbocycles. The smallest absolute Gasteiger partial charge is 0.358 e. The molecule has 0 saturated heterocycles. The molecule has 0 aliphatic carbocycles. The Labute approximate surface area is 156 Å². The van der Waals surface area contributed by atoms with E-state index in [1.807, 2.05) is 0 Å². The van der Waals surface area contributed by atoms with Crippen LogP contribution in [-0.2, 0) is 12.7 Å². The Bertz CT molecular complexity index is 1020. The zero-order chi connectivity index (χ0) is 20.3. The van der Waals surface area contributed by atoms with Gasteiger partial charge in [0.05, 0.1) is 23.3 Å². The van der Waals surface area contributed by atoms with E-state index in [2.05, 4.69) is 10.4 Å². The van der Waals surface area contributed by atoms with Crippen molar-refractivity contribution in [3.63, 3.8) is 0 Å². The summed E-state index contributed by atoms with van der Waals surface area (Å²) in [5.41, 5.74) is -0.411. The maximum atomic E-state index is 12.8. The maximum Gasteiger partial charge on any atom is 0.416 e. The van der Waals surface area contributed by atoms with E-state index in [0.717, 1.165) is 34.5 Å². The number of nitrogens with zero attached hydrogens (tertiary/aromatic N) is 3. The van der Waals surface area contributed by atoms with Crippen LogP contribution >= 0.6 is 0 Å². The first-order chi connectivity index (χ1) is 13.2. The van der Waals surface area contributed by atoms with Gasteiger partial charge in [0.25, 0.3) is 5.91 Å². The third-order valence-electron chi connectivity index (χ3n) is 3.81. The lowest BCUT2D eigenvalue weighted by molar-refractivity contribution is -0.389. The second-order valence-corrected chi connectivity index (χ2v) is 5.82. The molecule has 0 spiro atoms. The normalized spacial score (nSPS) is 11.2. The highest BCUT2D eigenvalue weighted by atomic mass is 19.4. The van der Waals surface area contributed by atoms with Gasteiger partial charge >= 0.3 is 12.0 Å². The minimum absolute atomic E-state index is 0.0834. The molecule has 10 heteroatoms. The first-order valence-electron chi connectivity index (χ1n) is 7.99. The van der Waals surface area contributed by atoms with E-state index in [9.17, 15) is 28.1 Å². The van der Waals surface area contributed by atoms with Crippen LogP contribution < -0.4 is 5.32 Å². The Morgan fingerprint density at radius 3 is 2.46 bits per heavy atom. The molecule has 1 heterocycles. The van der Waals surface area contributed by atoms with Crippen molar-refractivity contribution in [2.24, 2.45) is 0 Å². The van der Waals surface area contributed by atoms with E-state index < -0.39 is 28.4 Å². The molecule has 0 radical (unpaired) electrons. The molecule has 0 bridgehead atoms. The minimum atomic E-state index is -4.56. The van der Waals surface area contributed by atoms with Gasteiger partial charge in [-0.1, -0.05) is 36.4 Å². The number of anilines is 1. The molecule has 1 N–H and O–H groups in total. The van der Waals surface area contributed by atoms with Crippen LogP contribution in [0.3, 0.4) is 0 Å². The van der Waals surface area contributed by atoms with Crippen molar-refractivity contribution in [1.82, 2.24) is 9.78 Å².